The molecular weight excluding hydrogens is 236 g/mol. The molecule has 1 unspecified atom stereocenters. The Bertz CT molecular complexity index is 406. The van der Waals surface area contributed by atoms with Crippen molar-refractivity contribution in [1.82, 2.24) is 5.32 Å². The molecule has 1 aromatic carbocycles. The molecule has 0 aliphatic heterocycles. The summed E-state index contributed by atoms with van der Waals surface area (Å²) in [6.45, 7) is 2.69. The first-order valence-electron chi connectivity index (χ1n) is 7.31. The van der Waals surface area contributed by atoms with Crippen molar-refractivity contribution < 1.29 is 4.79 Å². The zero-order chi connectivity index (χ0) is 13.7. The molecule has 2 rings (SSSR count). The minimum Gasteiger partial charge on any atom is -0.352 e. The normalized spacial score (nSPS) is 16.1. The molecule has 0 fully saturated rings. The van der Waals surface area contributed by atoms with Gasteiger partial charge in [0.2, 0.25) is 5.91 Å². The van der Waals surface area contributed by atoms with Gasteiger partial charge in [0.1, 0.15) is 0 Å². The summed E-state index contributed by atoms with van der Waals surface area (Å²) in [6, 6.07) is 8.47. The van der Waals surface area contributed by atoms with Gasteiger partial charge in [-0.15, -0.1) is 0 Å². The second-order valence-corrected chi connectivity index (χ2v) is 5.46. The average molecular weight is 260 g/mol. The summed E-state index contributed by atoms with van der Waals surface area (Å²) in [4.78, 5) is 12.3. The van der Waals surface area contributed by atoms with Crippen LogP contribution in [0.25, 0.3) is 0 Å². The van der Waals surface area contributed by atoms with Gasteiger partial charge in [0.05, 0.1) is 0 Å². The molecule has 0 spiro atoms. The van der Waals surface area contributed by atoms with Gasteiger partial charge in [0.15, 0.2) is 0 Å². The Labute approximate surface area is 115 Å². The van der Waals surface area contributed by atoms with Gasteiger partial charge in [-0.3, -0.25) is 4.79 Å². The van der Waals surface area contributed by atoms with E-state index in [4.69, 9.17) is 5.73 Å². The Morgan fingerprint density at radius 2 is 2.00 bits per heavy atom. The van der Waals surface area contributed by atoms with Crippen molar-refractivity contribution in [3.8, 4) is 0 Å². The summed E-state index contributed by atoms with van der Waals surface area (Å²) in [7, 11) is 0. The van der Waals surface area contributed by atoms with Crippen LogP contribution in [0.4, 0.5) is 0 Å². The lowest BCUT2D eigenvalue weighted by Crippen LogP contribution is -2.43. The van der Waals surface area contributed by atoms with E-state index in [-0.39, 0.29) is 17.9 Å². The quantitative estimate of drug-likeness (QED) is 0.822. The van der Waals surface area contributed by atoms with Crippen LogP contribution in [0.3, 0.4) is 0 Å². The summed E-state index contributed by atoms with van der Waals surface area (Å²) in [5, 5.41) is 3.11. The second-order valence-electron chi connectivity index (χ2n) is 5.46. The van der Waals surface area contributed by atoms with Crippen LogP contribution >= 0.6 is 0 Å². The fourth-order valence-corrected chi connectivity index (χ4v) is 2.76. The molecule has 1 aliphatic rings. The Morgan fingerprint density at radius 1 is 1.37 bits per heavy atom. The van der Waals surface area contributed by atoms with E-state index in [1.54, 1.807) is 0 Å². The van der Waals surface area contributed by atoms with E-state index in [1.165, 1.54) is 11.1 Å². The first kappa shape index (κ1) is 14.1. The van der Waals surface area contributed by atoms with Crippen LogP contribution in [0.5, 0.6) is 0 Å². The average Bonchev–Trinajstić information content (AvgIpc) is 2.87. The third kappa shape index (κ3) is 3.57. The highest BCUT2D eigenvalue weighted by atomic mass is 16.1. The highest BCUT2D eigenvalue weighted by Crippen LogP contribution is 2.26. The van der Waals surface area contributed by atoms with Crippen LogP contribution in [0.15, 0.2) is 24.3 Å². The van der Waals surface area contributed by atoms with Crippen LogP contribution in [0.1, 0.15) is 37.3 Å². The van der Waals surface area contributed by atoms with Gasteiger partial charge < -0.3 is 11.1 Å². The molecule has 104 valence electrons. The predicted molar refractivity (Wildman–Crippen MR) is 77.9 cm³/mol. The summed E-state index contributed by atoms with van der Waals surface area (Å²) in [5.74, 6) is 0.260. The lowest BCUT2D eigenvalue weighted by molar-refractivity contribution is -0.125. The minimum absolute atomic E-state index is 0.0908. The third-order valence-electron chi connectivity index (χ3n) is 3.96. The van der Waals surface area contributed by atoms with Crippen molar-refractivity contribution in [1.29, 1.82) is 0 Å². The maximum atomic E-state index is 12.3. The summed E-state index contributed by atoms with van der Waals surface area (Å²) in [5.41, 5.74) is 8.37. The fraction of sp³-hybridized carbons (Fsp3) is 0.562. The first-order chi connectivity index (χ1) is 9.24. The molecule has 0 aromatic heterocycles. The van der Waals surface area contributed by atoms with E-state index in [2.05, 4.69) is 24.4 Å². The number of carbonyl (C=O) groups is 1. The van der Waals surface area contributed by atoms with Crippen LogP contribution < -0.4 is 11.1 Å². The number of unbranched alkanes of at least 4 members (excludes halogenated alkanes) is 1. The van der Waals surface area contributed by atoms with Gasteiger partial charge in [-0.05, 0) is 30.4 Å². The van der Waals surface area contributed by atoms with E-state index >= 15 is 0 Å². The highest BCUT2D eigenvalue weighted by Gasteiger charge is 2.27. The zero-order valence-electron chi connectivity index (χ0n) is 11.7. The largest absolute Gasteiger partial charge is 0.352 e. The molecule has 3 heteroatoms. The molecule has 19 heavy (non-hydrogen) atoms. The van der Waals surface area contributed by atoms with Gasteiger partial charge in [0, 0.05) is 18.5 Å². The number of rotatable bonds is 6. The SMILES string of the molecule is CCCCC(CN)NC(=O)C1Cc2ccccc2C1. The second kappa shape index (κ2) is 6.71. The molecule has 0 heterocycles. The summed E-state index contributed by atoms with van der Waals surface area (Å²) < 4.78 is 0. The van der Waals surface area contributed by atoms with Gasteiger partial charge in [0.25, 0.3) is 0 Å². The highest BCUT2D eigenvalue weighted by molar-refractivity contribution is 5.80. The Kier molecular flexibility index (Phi) is 4.97. The van der Waals surface area contributed by atoms with Crippen molar-refractivity contribution >= 4 is 5.91 Å². The molecule has 0 bridgehead atoms. The smallest absolute Gasteiger partial charge is 0.224 e. The van der Waals surface area contributed by atoms with Crippen LogP contribution in [-0.4, -0.2) is 18.5 Å². The van der Waals surface area contributed by atoms with E-state index in [0.717, 1.165) is 32.1 Å². The molecule has 0 saturated heterocycles. The van der Waals surface area contributed by atoms with Crippen LogP contribution in [0.2, 0.25) is 0 Å². The fourth-order valence-electron chi connectivity index (χ4n) is 2.76. The van der Waals surface area contributed by atoms with E-state index < -0.39 is 0 Å². The van der Waals surface area contributed by atoms with Crippen molar-refractivity contribution in [3.05, 3.63) is 35.4 Å². The minimum atomic E-state index is 0.0908. The van der Waals surface area contributed by atoms with Gasteiger partial charge in [-0.2, -0.15) is 0 Å². The van der Waals surface area contributed by atoms with Crippen molar-refractivity contribution in [2.75, 3.05) is 6.54 Å². The standard InChI is InChI=1S/C16H24N2O/c1-2-3-8-15(11-17)18-16(19)14-9-12-6-4-5-7-13(12)10-14/h4-7,14-15H,2-3,8-11,17H2,1H3,(H,18,19). The zero-order valence-corrected chi connectivity index (χ0v) is 11.7. The Balaban J connectivity index is 1.88. The summed E-state index contributed by atoms with van der Waals surface area (Å²) >= 11 is 0. The van der Waals surface area contributed by atoms with Crippen LogP contribution in [-0.2, 0) is 17.6 Å². The molecule has 3 nitrogen and oxygen atoms in total. The number of fused-ring (bicyclic) bond motifs is 1. The lowest BCUT2D eigenvalue weighted by Gasteiger charge is -2.19. The maximum absolute atomic E-state index is 12.3. The molecule has 1 aromatic rings. The van der Waals surface area contributed by atoms with Crippen molar-refractivity contribution in [2.24, 2.45) is 11.7 Å². The maximum Gasteiger partial charge on any atom is 0.224 e. The Hall–Kier alpha value is -1.35. The molecular formula is C16H24N2O. The Morgan fingerprint density at radius 3 is 2.53 bits per heavy atom. The molecule has 1 amide bonds. The molecule has 1 atom stereocenters. The molecule has 1 aliphatic carbocycles. The number of nitrogens with two attached hydrogens (primary N) is 1. The van der Waals surface area contributed by atoms with Gasteiger partial charge >= 0.3 is 0 Å². The number of nitrogens with one attached hydrogen (secondary N) is 1. The molecule has 0 radical (unpaired) electrons. The summed E-state index contributed by atoms with van der Waals surface area (Å²) in [6.07, 6.45) is 4.98. The van der Waals surface area contributed by atoms with Crippen molar-refractivity contribution in [2.45, 2.75) is 45.1 Å². The number of hydrogen-bond acceptors (Lipinski definition) is 2. The topological polar surface area (TPSA) is 55.1 Å². The number of hydrogen-bond donors (Lipinski definition) is 2. The third-order valence-corrected chi connectivity index (χ3v) is 3.96. The molecule has 3 N–H and O–H groups in total. The van der Waals surface area contributed by atoms with Gasteiger partial charge in [-0.25, -0.2) is 0 Å². The molecule has 0 saturated carbocycles. The van der Waals surface area contributed by atoms with Crippen LogP contribution in [0, 0.1) is 5.92 Å². The lowest BCUT2D eigenvalue weighted by atomic mass is 10.0. The number of benzene rings is 1. The number of amides is 1. The number of carbonyl (C=O) groups excluding carboxylic acids is 1. The van der Waals surface area contributed by atoms with E-state index in [9.17, 15) is 4.79 Å². The predicted octanol–water partition coefficient (Wildman–Crippen LogP) is 2.04. The van der Waals surface area contributed by atoms with E-state index in [1.807, 2.05) is 12.1 Å². The van der Waals surface area contributed by atoms with E-state index in [0.29, 0.717) is 6.54 Å². The van der Waals surface area contributed by atoms with Gasteiger partial charge in [-0.1, -0.05) is 44.0 Å². The van der Waals surface area contributed by atoms with Crippen molar-refractivity contribution in [3.63, 3.8) is 0 Å². The first-order valence-corrected chi connectivity index (χ1v) is 7.31. The monoisotopic (exact) mass is 260 g/mol.